The summed E-state index contributed by atoms with van der Waals surface area (Å²) in [5, 5.41) is 0. The molecule has 1 amide bonds. The lowest BCUT2D eigenvalue weighted by Crippen LogP contribution is -2.30. The van der Waals surface area contributed by atoms with Gasteiger partial charge in [0, 0.05) is 25.7 Å². The second-order valence-electron chi connectivity index (χ2n) is 4.40. The molecule has 0 aliphatic rings. The SMILES string of the molecule is CCN(CC)C(=O)c1ccc2c(c1)nc(C)n2C. The summed E-state index contributed by atoms with van der Waals surface area (Å²) >= 11 is 0. The van der Waals surface area contributed by atoms with Crippen LogP contribution in [0.25, 0.3) is 11.0 Å². The highest BCUT2D eigenvalue weighted by Crippen LogP contribution is 2.17. The van der Waals surface area contributed by atoms with Gasteiger partial charge >= 0.3 is 0 Å². The molecule has 0 N–H and O–H groups in total. The van der Waals surface area contributed by atoms with Crippen LogP contribution in [0.1, 0.15) is 30.0 Å². The van der Waals surface area contributed by atoms with Crippen molar-refractivity contribution in [2.45, 2.75) is 20.8 Å². The first-order valence-corrected chi connectivity index (χ1v) is 6.30. The molecule has 2 aromatic rings. The lowest BCUT2D eigenvalue weighted by molar-refractivity contribution is 0.0773. The number of hydrogen-bond acceptors (Lipinski definition) is 2. The Morgan fingerprint density at radius 3 is 2.61 bits per heavy atom. The van der Waals surface area contributed by atoms with Gasteiger partial charge in [-0.25, -0.2) is 4.98 Å². The fourth-order valence-corrected chi connectivity index (χ4v) is 2.15. The molecule has 18 heavy (non-hydrogen) atoms. The van der Waals surface area contributed by atoms with Crippen molar-refractivity contribution in [1.82, 2.24) is 14.5 Å². The Bertz CT molecular complexity index is 582. The maximum absolute atomic E-state index is 12.2. The van der Waals surface area contributed by atoms with Crippen molar-refractivity contribution in [2.75, 3.05) is 13.1 Å². The Kier molecular flexibility index (Phi) is 3.36. The number of nitrogens with zero attached hydrogens (tertiary/aromatic N) is 3. The molecule has 0 bridgehead atoms. The van der Waals surface area contributed by atoms with Crippen LogP contribution in [-0.2, 0) is 7.05 Å². The summed E-state index contributed by atoms with van der Waals surface area (Å²) in [5.41, 5.74) is 2.65. The number of aromatic nitrogens is 2. The Hall–Kier alpha value is -1.84. The molecule has 4 nitrogen and oxygen atoms in total. The number of amides is 1. The van der Waals surface area contributed by atoms with Crippen molar-refractivity contribution >= 4 is 16.9 Å². The van der Waals surface area contributed by atoms with E-state index in [0.717, 1.165) is 29.9 Å². The van der Waals surface area contributed by atoms with Crippen LogP contribution in [0.4, 0.5) is 0 Å². The number of rotatable bonds is 3. The van der Waals surface area contributed by atoms with Gasteiger partial charge in [-0.2, -0.15) is 0 Å². The number of fused-ring (bicyclic) bond motifs is 1. The highest BCUT2D eigenvalue weighted by Gasteiger charge is 2.14. The second kappa shape index (κ2) is 4.80. The maximum Gasteiger partial charge on any atom is 0.253 e. The van der Waals surface area contributed by atoms with Gasteiger partial charge in [-0.3, -0.25) is 4.79 Å². The molecule has 0 fully saturated rings. The normalized spacial score (nSPS) is 10.9. The van der Waals surface area contributed by atoms with Crippen LogP contribution >= 0.6 is 0 Å². The van der Waals surface area contributed by atoms with Crippen LogP contribution in [-0.4, -0.2) is 33.4 Å². The largest absolute Gasteiger partial charge is 0.339 e. The molecule has 96 valence electrons. The summed E-state index contributed by atoms with van der Waals surface area (Å²) in [6.45, 7) is 7.41. The van der Waals surface area contributed by atoms with Gasteiger partial charge in [0.1, 0.15) is 5.82 Å². The quantitative estimate of drug-likeness (QED) is 0.832. The molecule has 1 heterocycles. The Balaban J connectivity index is 2.44. The second-order valence-corrected chi connectivity index (χ2v) is 4.40. The van der Waals surface area contributed by atoms with E-state index in [0.29, 0.717) is 5.56 Å². The number of hydrogen-bond donors (Lipinski definition) is 0. The molecule has 0 unspecified atom stereocenters. The Labute approximate surface area is 107 Å². The fourth-order valence-electron chi connectivity index (χ4n) is 2.15. The molecule has 0 radical (unpaired) electrons. The minimum atomic E-state index is 0.0743. The third-order valence-corrected chi connectivity index (χ3v) is 3.40. The first kappa shape index (κ1) is 12.6. The first-order chi connectivity index (χ1) is 8.58. The van der Waals surface area contributed by atoms with Gasteiger partial charge in [0.2, 0.25) is 0 Å². The predicted molar refractivity (Wildman–Crippen MR) is 72.7 cm³/mol. The van der Waals surface area contributed by atoms with Crippen LogP contribution in [0.15, 0.2) is 18.2 Å². The molecule has 0 aliphatic carbocycles. The van der Waals surface area contributed by atoms with E-state index in [2.05, 4.69) is 4.98 Å². The molecule has 0 atom stereocenters. The van der Waals surface area contributed by atoms with E-state index in [-0.39, 0.29) is 5.91 Å². The molecular weight excluding hydrogens is 226 g/mol. The Morgan fingerprint density at radius 2 is 2.00 bits per heavy atom. The van der Waals surface area contributed by atoms with Gasteiger partial charge in [-0.15, -0.1) is 0 Å². The van der Waals surface area contributed by atoms with Crippen molar-refractivity contribution in [2.24, 2.45) is 7.05 Å². The molecule has 0 saturated heterocycles. The van der Waals surface area contributed by atoms with E-state index in [9.17, 15) is 4.79 Å². The molecule has 2 rings (SSSR count). The van der Waals surface area contributed by atoms with Gasteiger partial charge in [-0.05, 0) is 39.0 Å². The van der Waals surface area contributed by atoms with E-state index in [1.165, 1.54) is 0 Å². The van der Waals surface area contributed by atoms with E-state index < -0.39 is 0 Å². The average Bonchev–Trinajstić information content (AvgIpc) is 2.66. The summed E-state index contributed by atoms with van der Waals surface area (Å²) < 4.78 is 2.03. The number of benzene rings is 1. The van der Waals surface area contributed by atoms with Crippen LogP contribution in [0.2, 0.25) is 0 Å². The van der Waals surface area contributed by atoms with E-state index in [1.54, 1.807) is 0 Å². The maximum atomic E-state index is 12.2. The first-order valence-electron chi connectivity index (χ1n) is 6.30. The molecule has 0 spiro atoms. The van der Waals surface area contributed by atoms with Gasteiger partial charge in [0.05, 0.1) is 11.0 Å². The standard InChI is InChI=1S/C14H19N3O/c1-5-17(6-2)14(18)11-7-8-13-12(9-11)15-10(3)16(13)4/h7-9H,5-6H2,1-4H3. The predicted octanol–water partition coefficient (Wildman–Crippen LogP) is 2.36. The van der Waals surface area contributed by atoms with Crippen LogP contribution in [0, 0.1) is 6.92 Å². The van der Waals surface area contributed by atoms with Gasteiger partial charge < -0.3 is 9.47 Å². The minimum absolute atomic E-state index is 0.0743. The third-order valence-electron chi connectivity index (χ3n) is 3.40. The monoisotopic (exact) mass is 245 g/mol. The van der Waals surface area contributed by atoms with Crippen LogP contribution in [0.3, 0.4) is 0 Å². The summed E-state index contributed by atoms with van der Waals surface area (Å²) in [5.74, 6) is 1.03. The van der Waals surface area contributed by atoms with Gasteiger partial charge in [-0.1, -0.05) is 0 Å². The third kappa shape index (κ3) is 1.98. The van der Waals surface area contributed by atoms with Gasteiger partial charge in [0.15, 0.2) is 0 Å². The molecule has 1 aromatic carbocycles. The average molecular weight is 245 g/mol. The van der Waals surface area contributed by atoms with E-state index in [1.807, 2.05) is 55.5 Å². The van der Waals surface area contributed by atoms with Gasteiger partial charge in [0.25, 0.3) is 5.91 Å². The minimum Gasteiger partial charge on any atom is -0.339 e. The fraction of sp³-hybridized carbons (Fsp3) is 0.429. The molecule has 4 heteroatoms. The van der Waals surface area contributed by atoms with Crippen LogP contribution < -0.4 is 0 Å². The lowest BCUT2D eigenvalue weighted by atomic mass is 10.1. The number of imidazole rings is 1. The van der Waals surface area contributed by atoms with Crippen molar-refractivity contribution in [1.29, 1.82) is 0 Å². The highest BCUT2D eigenvalue weighted by atomic mass is 16.2. The number of aryl methyl sites for hydroxylation is 2. The van der Waals surface area contributed by atoms with Crippen molar-refractivity contribution < 1.29 is 4.79 Å². The smallest absolute Gasteiger partial charge is 0.253 e. The number of carbonyl (C=O) groups is 1. The van der Waals surface area contributed by atoms with Crippen molar-refractivity contribution in [3.8, 4) is 0 Å². The number of carbonyl (C=O) groups excluding carboxylic acids is 1. The molecular formula is C14H19N3O. The summed E-state index contributed by atoms with van der Waals surface area (Å²) in [4.78, 5) is 18.5. The zero-order valence-corrected chi connectivity index (χ0v) is 11.4. The summed E-state index contributed by atoms with van der Waals surface area (Å²) in [6.07, 6.45) is 0. The Morgan fingerprint density at radius 1 is 1.33 bits per heavy atom. The summed E-state index contributed by atoms with van der Waals surface area (Å²) in [7, 11) is 1.98. The van der Waals surface area contributed by atoms with E-state index >= 15 is 0 Å². The van der Waals surface area contributed by atoms with Crippen LogP contribution in [0.5, 0.6) is 0 Å². The van der Waals surface area contributed by atoms with Crippen molar-refractivity contribution in [3.05, 3.63) is 29.6 Å². The lowest BCUT2D eigenvalue weighted by Gasteiger charge is -2.18. The molecule has 0 aliphatic heterocycles. The zero-order valence-electron chi connectivity index (χ0n) is 11.4. The molecule has 0 saturated carbocycles. The van der Waals surface area contributed by atoms with Crippen molar-refractivity contribution in [3.63, 3.8) is 0 Å². The summed E-state index contributed by atoms with van der Waals surface area (Å²) in [6, 6.07) is 5.72. The topological polar surface area (TPSA) is 38.1 Å². The van der Waals surface area contributed by atoms with E-state index in [4.69, 9.17) is 0 Å². The molecule has 1 aromatic heterocycles. The highest BCUT2D eigenvalue weighted by molar-refractivity contribution is 5.97. The zero-order chi connectivity index (χ0) is 13.3.